The Kier molecular flexibility index (Phi) is 3.06. The molecule has 0 spiro atoms. The van der Waals surface area contributed by atoms with Gasteiger partial charge in [-0.25, -0.2) is 0 Å². The molecule has 0 aliphatic heterocycles. The highest BCUT2D eigenvalue weighted by atomic mass is 16.6. The molecule has 2 rings (SSSR count). The molecular formula is C11H15N3O4. The molecule has 0 aromatic carbocycles. The predicted octanol–water partition coefficient (Wildman–Crippen LogP) is 0.915. The number of rotatable bonds is 4. The van der Waals surface area contributed by atoms with E-state index in [0.29, 0.717) is 18.7 Å². The molecule has 1 saturated carbocycles. The second-order valence-electron chi connectivity index (χ2n) is 4.69. The smallest absolute Gasteiger partial charge is 0.232 e. The maximum atomic E-state index is 11.9. The van der Waals surface area contributed by atoms with Gasteiger partial charge in [-0.1, -0.05) is 5.16 Å². The van der Waals surface area contributed by atoms with Crippen LogP contribution in [-0.2, 0) is 11.3 Å². The van der Waals surface area contributed by atoms with Gasteiger partial charge in [0.15, 0.2) is 0 Å². The zero-order valence-electron chi connectivity index (χ0n) is 10.5. The summed E-state index contributed by atoms with van der Waals surface area (Å²) < 4.78 is 5.02. The van der Waals surface area contributed by atoms with Gasteiger partial charge in [0.2, 0.25) is 11.9 Å². The van der Waals surface area contributed by atoms with Crippen molar-refractivity contribution in [2.45, 2.75) is 32.9 Å². The Balaban J connectivity index is 1.99. The highest BCUT2D eigenvalue weighted by Gasteiger charge is 2.54. The molecule has 98 valence electrons. The van der Waals surface area contributed by atoms with Crippen LogP contribution in [0.1, 0.15) is 23.4 Å². The number of nitrogens with zero attached hydrogens (tertiary/aromatic N) is 3. The third kappa shape index (κ3) is 2.20. The Morgan fingerprint density at radius 1 is 1.61 bits per heavy atom. The Morgan fingerprint density at radius 3 is 2.72 bits per heavy atom. The predicted molar refractivity (Wildman–Crippen MR) is 61.3 cm³/mol. The largest absolute Gasteiger partial charge is 0.361 e. The second kappa shape index (κ2) is 4.40. The number of hydrogen-bond donors (Lipinski definition) is 0. The number of hydrogen-bond acceptors (Lipinski definition) is 5. The third-order valence-corrected chi connectivity index (χ3v) is 3.30. The minimum atomic E-state index is -0.704. The van der Waals surface area contributed by atoms with Crippen molar-refractivity contribution in [3.63, 3.8) is 0 Å². The second-order valence-corrected chi connectivity index (χ2v) is 4.69. The lowest BCUT2D eigenvalue weighted by molar-refractivity contribution is -0.497. The third-order valence-electron chi connectivity index (χ3n) is 3.30. The minimum absolute atomic E-state index is 0.184. The molecule has 18 heavy (non-hydrogen) atoms. The first kappa shape index (κ1) is 12.5. The summed E-state index contributed by atoms with van der Waals surface area (Å²) in [6, 6.07) is -0.704. The van der Waals surface area contributed by atoms with Gasteiger partial charge in [0.1, 0.15) is 11.7 Å². The van der Waals surface area contributed by atoms with Crippen molar-refractivity contribution in [1.29, 1.82) is 0 Å². The minimum Gasteiger partial charge on any atom is -0.361 e. The van der Waals surface area contributed by atoms with Crippen LogP contribution in [0.5, 0.6) is 0 Å². The Labute approximate surface area is 104 Å². The van der Waals surface area contributed by atoms with Crippen LogP contribution in [0.15, 0.2) is 4.52 Å². The summed E-state index contributed by atoms with van der Waals surface area (Å²) >= 11 is 0. The number of aromatic nitrogens is 1. The molecular weight excluding hydrogens is 238 g/mol. The summed E-state index contributed by atoms with van der Waals surface area (Å²) in [5, 5.41) is 14.3. The molecule has 1 fully saturated rings. The fourth-order valence-electron chi connectivity index (χ4n) is 2.01. The van der Waals surface area contributed by atoms with Gasteiger partial charge in [0.25, 0.3) is 0 Å². The summed E-state index contributed by atoms with van der Waals surface area (Å²) in [4.78, 5) is 23.6. The van der Waals surface area contributed by atoms with Crippen LogP contribution >= 0.6 is 0 Å². The van der Waals surface area contributed by atoms with E-state index in [1.807, 2.05) is 0 Å². The standard InChI is InChI=1S/C11H15N3O4/c1-6-9(7(2)18-12-6)5-13(3)11(15)8-4-10(8)14(16)17/h8,10H,4-5H2,1-3H3/t8-,10+/m0/s1. The van der Waals surface area contributed by atoms with Gasteiger partial charge in [-0.15, -0.1) is 0 Å². The first-order chi connectivity index (χ1) is 8.41. The van der Waals surface area contributed by atoms with Gasteiger partial charge < -0.3 is 9.42 Å². The van der Waals surface area contributed by atoms with Gasteiger partial charge in [0.05, 0.1) is 12.2 Å². The molecule has 7 heteroatoms. The fourth-order valence-corrected chi connectivity index (χ4v) is 2.01. The van der Waals surface area contributed by atoms with Crippen LogP contribution in [0, 0.1) is 29.9 Å². The van der Waals surface area contributed by atoms with E-state index in [1.54, 1.807) is 20.9 Å². The van der Waals surface area contributed by atoms with E-state index in [4.69, 9.17) is 4.52 Å². The first-order valence-corrected chi connectivity index (χ1v) is 5.72. The van der Waals surface area contributed by atoms with E-state index in [1.165, 1.54) is 4.90 Å². The number of aryl methyl sites for hydroxylation is 2. The van der Waals surface area contributed by atoms with Gasteiger partial charge >= 0.3 is 0 Å². The van der Waals surface area contributed by atoms with Crippen LogP contribution in [0.4, 0.5) is 0 Å². The van der Waals surface area contributed by atoms with Crippen LogP contribution in [0.25, 0.3) is 0 Å². The molecule has 1 aliphatic carbocycles. The summed E-state index contributed by atoms with van der Waals surface area (Å²) in [5.41, 5.74) is 1.61. The summed E-state index contributed by atoms with van der Waals surface area (Å²) in [6.07, 6.45) is 0.345. The van der Waals surface area contributed by atoms with Crippen molar-refractivity contribution < 1.29 is 14.2 Å². The molecule has 1 aromatic heterocycles. The number of amides is 1. The molecule has 0 N–H and O–H groups in total. The number of carbonyl (C=O) groups is 1. The lowest BCUT2D eigenvalue weighted by atomic mass is 10.2. The molecule has 1 heterocycles. The summed E-state index contributed by atoms with van der Waals surface area (Å²) in [7, 11) is 1.64. The lowest BCUT2D eigenvalue weighted by Gasteiger charge is -2.16. The molecule has 1 amide bonds. The van der Waals surface area contributed by atoms with Crippen LogP contribution in [0.2, 0.25) is 0 Å². The molecule has 2 atom stereocenters. The van der Waals surface area contributed by atoms with Gasteiger partial charge in [-0.05, 0) is 13.8 Å². The van der Waals surface area contributed by atoms with Crippen molar-refractivity contribution >= 4 is 5.91 Å². The normalized spacial score (nSPS) is 21.7. The van der Waals surface area contributed by atoms with Crippen molar-refractivity contribution in [2.75, 3.05) is 7.05 Å². The summed E-state index contributed by atoms with van der Waals surface area (Å²) in [6.45, 7) is 3.96. The number of nitro groups is 1. The molecule has 0 radical (unpaired) electrons. The number of carbonyl (C=O) groups excluding carboxylic acids is 1. The highest BCUT2D eigenvalue weighted by molar-refractivity contribution is 5.81. The van der Waals surface area contributed by atoms with E-state index in [-0.39, 0.29) is 10.8 Å². The average Bonchev–Trinajstić information content (AvgIpc) is 3.05. The SMILES string of the molecule is Cc1noc(C)c1CN(C)C(=O)[C@H]1C[C@H]1[N+](=O)[O-]. The van der Waals surface area contributed by atoms with Gasteiger partial charge in [0, 0.05) is 24.0 Å². The zero-order valence-corrected chi connectivity index (χ0v) is 10.5. The van der Waals surface area contributed by atoms with Crippen molar-refractivity contribution in [3.8, 4) is 0 Å². The highest BCUT2D eigenvalue weighted by Crippen LogP contribution is 2.34. The monoisotopic (exact) mass is 253 g/mol. The van der Waals surface area contributed by atoms with Crippen molar-refractivity contribution in [2.24, 2.45) is 5.92 Å². The zero-order chi connectivity index (χ0) is 13.4. The average molecular weight is 253 g/mol. The van der Waals surface area contributed by atoms with Gasteiger partial charge in [-0.2, -0.15) is 0 Å². The Bertz CT molecular complexity index is 477. The fraction of sp³-hybridized carbons (Fsp3) is 0.636. The van der Waals surface area contributed by atoms with E-state index in [9.17, 15) is 14.9 Å². The van der Waals surface area contributed by atoms with Crippen LogP contribution in [0.3, 0.4) is 0 Å². The van der Waals surface area contributed by atoms with E-state index in [2.05, 4.69) is 5.16 Å². The maximum Gasteiger partial charge on any atom is 0.232 e. The quantitative estimate of drug-likeness (QED) is 0.587. The molecule has 0 unspecified atom stereocenters. The molecule has 0 saturated heterocycles. The molecule has 7 nitrogen and oxygen atoms in total. The molecule has 0 bridgehead atoms. The van der Waals surface area contributed by atoms with E-state index < -0.39 is 12.0 Å². The van der Waals surface area contributed by atoms with Crippen LogP contribution < -0.4 is 0 Å². The molecule has 1 aromatic rings. The Morgan fingerprint density at radius 2 is 2.28 bits per heavy atom. The maximum absolute atomic E-state index is 11.9. The summed E-state index contributed by atoms with van der Waals surface area (Å²) in [5.74, 6) is 0.0240. The van der Waals surface area contributed by atoms with Crippen molar-refractivity contribution in [1.82, 2.24) is 10.1 Å². The van der Waals surface area contributed by atoms with E-state index in [0.717, 1.165) is 11.3 Å². The van der Waals surface area contributed by atoms with Crippen LogP contribution in [-0.4, -0.2) is 34.0 Å². The van der Waals surface area contributed by atoms with Gasteiger partial charge in [-0.3, -0.25) is 14.9 Å². The Hall–Kier alpha value is -1.92. The molecule has 1 aliphatic rings. The van der Waals surface area contributed by atoms with E-state index >= 15 is 0 Å². The lowest BCUT2D eigenvalue weighted by Crippen LogP contribution is -2.29. The van der Waals surface area contributed by atoms with Crippen molar-refractivity contribution in [3.05, 3.63) is 27.1 Å². The topological polar surface area (TPSA) is 89.5 Å². The first-order valence-electron chi connectivity index (χ1n) is 5.72.